The first-order valence-corrected chi connectivity index (χ1v) is 8.86. The average Bonchev–Trinajstić information content (AvgIpc) is 2.89. The van der Waals surface area contributed by atoms with Gasteiger partial charge < -0.3 is 11.5 Å². The summed E-state index contributed by atoms with van der Waals surface area (Å²) < 4.78 is 0. The van der Waals surface area contributed by atoms with Crippen LogP contribution in [0, 0.1) is 35.0 Å². The molecule has 1 spiro atoms. The second kappa shape index (κ2) is 4.23. The zero-order valence-corrected chi connectivity index (χ0v) is 13.6. The van der Waals surface area contributed by atoms with Crippen LogP contribution in [-0.4, -0.2) is 5.66 Å². The molecule has 0 aromatic carbocycles. The van der Waals surface area contributed by atoms with Crippen LogP contribution in [0.3, 0.4) is 0 Å². The fourth-order valence-corrected chi connectivity index (χ4v) is 6.31. The molecule has 6 unspecified atom stereocenters. The summed E-state index contributed by atoms with van der Waals surface area (Å²) in [5.74, 6) is 3.07. The molecule has 0 saturated heterocycles. The van der Waals surface area contributed by atoms with E-state index in [-0.39, 0.29) is 0 Å². The summed E-state index contributed by atoms with van der Waals surface area (Å²) in [7, 11) is 0. The number of hydrogen-bond acceptors (Lipinski definition) is 2. The van der Waals surface area contributed by atoms with Crippen LogP contribution in [0.15, 0.2) is 23.8 Å². The van der Waals surface area contributed by atoms with Gasteiger partial charge in [0.2, 0.25) is 0 Å². The topological polar surface area (TPSA) is 52.0 Å². The van der Waals surface area contributed by atoms with Crippen molar-refractivity contribution < 1.29 is 0 Å². The minimum atomic E-state index is -0.436. The van der Waals surface area contributed by atoms with E-state index in [1.807, 2.05) is 0 Å². The highest BCUT2D eigenvalue weighted by molar-refractivity contribution is 5.36. The molecule has 4 aliphatic carbocycles. The Labute approximate surface area is 129 Å². The van der Waals surface area contributed by atoms with Crippen molar-refractivity contribution in [3.8, 4) is 0 Å². The van der Waals surface area contributed by atoms with Crippen LogP contribution < -0.4 is 11.5 Å². The maximum atomic E-state index is 6.39. The van der Waals surface area contributed by atoms with E-state index >= 15 is 0 Å². The SMILES string of the molecule is C=C1C2C=C(CC)CC3CC(C)CC13CCC1C2C1(N)N. The molecule has 4 rings (SSSR count). The molecule has 21 heavy (non-hydrogen) atoms. The van der Waals surface area contributed by atoms with Crippen molar-refractivity contribution >= 4 is 0 Å². The van der Waals surface area contributed by atoms with E-state index in [0.29, 0.717) is 23.2 Å². The predicted octanol–water partition coefficient (Wildman–Crippen LogP) is 3.58. The normalized spacial score (nSPS) is 50.6. The van der Waals surface area contributed by atoms with Crippen LogP contribution in [0.1, 0.15) is 52.4 Å². The predicted molar refractivity (Wildman–Crippen MR) is 87.3 cm³/mol. The third-order valence-electron chi connectivity index (χ3n) is 7.43. The van der Waals surface area contributed by atoms with Gasteiger partial charge in [-0.3, -0.25) is 0 Å². The monoisotopic (exact) mass is 286 g/mol. The van der Waals surface area contributed by atoms with Crippen molar-refractivity contribution in [1.29, 1.82) is 0 Å². The van der Waals surface area contributed by atoms with Crippen LogP contribution in [0.2, 0.25) is 0 Å². The molecule has 0 heterocycles. The molecular weight excluding hydrogens is 256 g/mol. The minimum Gasteiger partial charge on any atom is -0.313 e. The fourth-order valence-electron chi connectivity index (χ4n) is 6.31. The van der Waals surface area contributed by atoms with E-state index < -0.39 is 5.66 Å². The van der Waals surface area contributed by atoms with Crippen molar-refractivity contribution in [2.75, 3.05) is 0 Å². The number of nitrogens with two attached hydrogens (primary N) is 2. The molecular formula is C19H30N2. The lowest BCUT2D eigenvalue weighted by Crippen LogP contribution is -2.41. The third kappa shape index (κ3) is 1.72. The molecule has 4 N–H and O–H groups in total. The van der Waals surface area contributed by atoms with Gasteiger partial charge >= 0.3 is 0 Å². The Balaban J connectivity index is 1.80. The second-order valence-corrected chi connectivity index (χ2v) is 8.50. The van der Waals surface area contributed by atoms with Crippen LogP contribution in [0.5, 0.6) is 0 Å². The lowest BCUT2D eigenvalue weighted by atomic mass is 9.66. The maximum absolute atomic E-state index is 6.39. The van der Waals surface area contributed by atoms with Gasteiger partial charge in [-0.1, -0.05) is 37.6 Å². The molecule has 2 bridgehead atoms. The Morgan fingerprint density at radius 3 is 2.86 bits per heavy atom. The summed E-state index contributed by atoms with van der Waals surface area (Å²) in [6, 6.07) is 0. The standard InChI is InChI=1S/C19H30N2/c1-4-13-8-14-7-11(2)10-18(14)6-5-16-17(19(16,20)21)15(9-13)12(18)3/h9,11,14-17H,3-8,10,20-21H2,1-2H3. The van der Waals surface area contributed by atoms with Crippen LogP contribution in [0.25, 0.3) is 0 Å². The van der Waals surface area contributed by atoms with E-state index in [2.05, 4.69) is 26.5 Å². The van der Waals surface area contributed by atoms with Crippen LogP contribution in [0.4, 0.5) is 0 Å². The molecule has 116 valence electrons. The molecule has 0 radical (unpaired) electrons. The van der Waals surface area contributed by atoms with Gasteiger partial charge in [0.25, 0.3) is 0 Å². The van der Waals surface area contributed by atoms with E-state index in [9.17, 15) is 0 Å². The van der Waals surface area contributed by atoms with E-state index in [4.69, 9.17) is 11.5 Å². The molecule has 3 saturated carbocycles. The van der Waals surface area contributed by atoms with Gasteiger partial charge in [-0.05, 0) is 61.7 Å². The minimum absolute atomic E-state index is 0.390. The van der Waals surface area contributed by atoms with Gasteiger partial charge in [-0.2, -0.15) is 0 Å². The Hall–Kier alpha value is -0.600. The summed E-state index contributed by atoms with van der Waals surface area (Å²) >= 11 is 0. The molecule has 0 aromatic rings. The summed E-state index contributed by atoms with van der Waals surface area (Å²) in [4.78, 5) is 0. The van der Waals surface area contributed by atoms with Crippen molar-refractivity contribution in [3.05, 3.63) is 23.8 Å². The molecule has 2 nitrogen and oxygen atoms in total. The van der Waals surface area contributed by atoms with Gasteiger partial charge in [0, 0.05) is 11.8 Å². The summed E-state index contributed by atoms with van der Waals surface area (Å²) in [6.45, 7) is 9.37. The number of rotatable bonds is 1. The molecule has 0 aromatic heterocycles. The van der Waals surface area contributed by atoms with Crippen LogP contribution >= 0.6 is 0 Å². The number of fused-ring (bicyclic) bond motifs is 3. The largest absolute Gasteiger partial charge is 0.313 e. The van der Waals surface area contributed by atoms with Crippen molar-refractivity contribution in [2.45, 2.75) is 58.0 Å². The van der Waals surface area contributed by atoms with Gasteiger partial charge in [-0.25, -0.2) is 0 Å². The Bertz CT molecular complexity index is 518. The van der Waals surface area contributed by atoms with E-state index in [0.717, 1.165) is 11.8 Å². The number of hydrogen-bond donors (Lipinski definition) is 2. The van der Waals surface area contributed by atoms with Gasteiger partial charge in [0.1, 0.15) is 0 Å². The first kappa shape index (κ1) is 14.0. The zero-order valence-electron chi connectivity index (χ0n) is 13.6. The molecule has 0 amide bonds. The summed E-state index contributed by atoms with van der Waals surface area (Å²) in [5, 5.41) is 0. The highest BCUT2D eigenvalue weighted by Gasteiger charge is 2.67. The highest BCUT2D eigenvalue weighted by atomic mass is 15.1. The first-order chi connectivity index (χ1) is 9.90. The smallest absolute Gasteiger partial charge is 0.0711 e. The van der Waals surface area contributed by atoms with Gasteiger partial charge in [0.05, 0.1) is 5.66 Å². The lowest BCUT2D eigenvalue weighted by molar-refractivity contribution is 0.216. The van der Waals surface area contributed by atoms with E-state index in [1.165, 1.54) is 44.1 Å². The first-order valence-electron chi connectivity index (χ1n) is 8.86. The van der Waals surface area contributed by atoms with Gasteiger partial charge in [0.15, 0.2) is 0 Å². The molecule has 3 fully saturated rings. The quantitative estimate of drug-likeness (QED) is 0.572. The Morgan fingerprint density at radius 2 is 2.14 bits per heavy atom. The highest BCUT2D eigenvalue weighted by Crippen LogP contribution is 2.68. The van der Waals surface area contributed by atoms with Crippen LogP contribution in [-0.2, 0) is 0 Å². The Morgan fingerprint density at radius 1 is 1.38 bits per heavy atom. The average molecular weight is 286 g/mol. The maximum Gasteiger partial charge on any atom is 0.0711 e. The number of allylic oxidation sites excluding steroid dienone is 3. The van der Waals surface area contributed by atoms with Crippen molar-refractivity contribution in [1.82, 2.24) is 0 Å². The van der Waals surface area contributed by atoms with Crippen molar-refractivity contribution in [2.24, 2.45) is 46.5 Å². The molecule has 4 aliphatic rings. The summed E-state index contributed by atoms with van der Waals surface area (Å²) in [5.41, 5.74) is 15.9. The van der Waals surface area contributed by atoms with Crippen molar-refractivity contribution in [3.63, 3.8) is 0 Å². The lowest BCUT2D eigenvalue weighted by Gasteiger charge is -2.39. The fraction of sp³-hybridized carbons (Fsp3) is 0.789. The summed E-state index contributed by atoms with van der Waals surface area (Å²) in [6.07, 6.45) is 10.2. The molecule has 2 heteroatoms. The zero-order chi connectivity index (χ0) is 15.0. The molecule has 6 atom stereocenters. The Kier molecular flexibility index (Phi) is 2.83. The van der Waals surface area contributed by atoms with Gasteiger partial charge in [-0.15, -0.1) is 0 Å². The second-order valence-electron chi connectivity index (χ2n) is 8.50. The van der Waals surface area contributed by atoms with E-state index in [1.54, 1.807) is 5.57 Å². The third-order valence-corrected chi connectivity index (χ3v) is 7.43. The molecule has 0 aliphatic heterocycles.